The molecular weight excluding hydrogens is 258 g/mol. The monoisotopic (exact) mass is 264 g/mol. The van der Waals surface area contributed by atoms with Crippen LogP contribution in [0.5, 0.6) is 5.75 Å². The van der Waals surface area contributed by atoms with Gasteiger partial charge in [-0.25, -0.2) is 19.4 Å². The van der Waals surface area contributed by atoms with Gasteiger partial charge < -0.3 is 5.11 Å². The fourth-order valence-corrected chi connectivity index (χ4v) is 2.10. The van der Waals surface area contributed by atoms with Crippen LogP contribution in [-0.2, 0) is 10.0 Å². The van der Waals surface area contributed by atoms with Gasteiger partial charge in [0, 0.05) is 5.56 Å². The number of sulfonamides is 1. The lowest BCUT2D eigenvalue weighted by Crippen LogP contribution is -2.31. The lowest BCUT2D eigenvalue weighted by Gasteiger charge is -2.14. The van der Waals surface area contributed by atoms with Gasteiger partial charge >= 0.3 is 0 Å². The second-order valence-electron chi connectivity index (χ2n) is 2.80. The van der Waals surface area contributed by atoms with Crippen molar-refractivity contribution in [3.05, 3.63) is 22.7 Å². The lowest BCUT2D eigenvalue weighted by atomic mass is 10.2. The van der Waals surface area contributed by atoms with E-state index in [4.69, 9.17) is 22.6 Å². The standard InChI is InChI=1S/C7H8ClN3O4S/c8-4-2-5(12)3(7(13)11-9)1-6(4)16(10,14)15/h1-2,12H,9H2,(H,11,13)(H2,10,14,15)/p-1. The number of nitrogens with one attached hydrogen (secondary N) is 1. The molecule has 0 heterocycles. The zero-order valence-electron chi connectivity index (χ0n) is 7.73. The first-order valence-electron chi connectivity index (χ1n) is 3.81. The minimum atomic E-state index is -4.11. The molecule has 0 aliphatic rings. The summed E-state index contributed by atoms with van der Waals surface area (Å²) in [6, 6.07) is 1.56. The van der Waals surface area contributed by atoms with E-state index in [0.29, 0.717) is 0 Å². The third kappa shape index (κ3) is 2.42. The quantitative estimate of drug-likeness (QED) is 0.345. The number of halogens is 1. The van der Waals surface area contributed by atoms with Crippen LogP contribution in [0.25, 0.3) is 0 Å². The summed E-state index contributed by atoms with van der Waals surface area (Å²) >= 11 is 5.51. The Balaban J connectivity index is 3.51. The van der Waals surface area contributed by atoms with Crippen molar-refractivity contribution in [2.45, 2.75) is 4.90 Å². The third-order valence-electron chi connectivity index (χ3n) is 1.72. The van der Waals surface area contributed by atoms with Gasteiger partial charge in [0.25, 0.3) is 5.91 Å². The average Bonchev–Trinajstić information content (AvgIpc) is 2.14. The zero-order chi connectivity index (χ0) is 12.5. The summed E-state index contributed by atoms with van der Waals surface area (Å²) in [5.74, 6) is 3.14. The maximum atomic E-state index is 11.3. The molecule has 1 amide bonds. The first-order chi connectivity index (χ1) is 7.27. The molecule has 0 atom stereocenters. The third-order valence-corrected chi connectivity index (χ3v) is 3.09. The number of hydrogen-bond acceptors (Lipinski definition) is 5. The highest BCUT2D eigenvalue weighted by Gasteiger charge is 2.16. The van der Waals surface area contributed by atoms with Gasteiger partial charge in [-0.1, -0.05) is 17.4 Å². The Morgan fingerprint density at radius 1 is 1.44 bits per heavy atom. The molecule has 1 aromatic carbocycles. The maximum absolute atomic E-state index is 11.3. The number of hydrogen-bond donors (Lipinski definition) is 3. The van der Waals surface area contributed by atoms with E-state index in [0.717, 1.165) is 12.1 Å². The molecule has 0 aliphatic carbocycles. The van der Waals surface area contributed by atoms with Gasteiger partial charge in [0.1, 0.15) is 4.90 Å². The number of amides is 1. The number of nitrogen functional groups attached to an aromatic ring is 1. The van der Waals surface area contributed by atoms with Crippen LogP contribution >= 0.6 is 11.6 Å². The molecule has 0 aliphatic heterocycles. The topological polar surface area (TPSA) is 138 Å². The molecule has 0 bridgehead atoms. The van der Waals surface area contributed by atoms with Crippen molar-refractivity contribution < 1.29 is 18.3 Å². The molecule has 0 saturated heterocycles. The summed E-state index contributed by atoms with van der Waals surface area (Å²) in [7, 11) is -4.11. The molecule has 88 valence electrons. The second-order valence-corrected chi connectivity index (χ2v) is 4.73. The number of nitrogens with two attached hydrogens (primary N) is 2. The SMILES string of the molecule is NNC(=O)c1cc(S(N)(=O)=O)c(Cl)cc1[O-]. The van der Waals surface area contributed by atoms with Crippen LogP contribution in [0.2, 0.25) is 5.02 Å². The van der Waals surface area contributed by atoms with Crippen molar-refractivity contribution in [1.29, 1.82) is 0 Å². The summed E-state index contributed by atoms with van der Waals surface area (Å²) in [5, 5.41) is 15.8. The number of benzene rings is 1. The largest absolute Gasteiger partial charge is 0.872 e. The summed E-state index contributed by atoms with van der Waals surface area (Å²) in [4.78, 5) is 10.6. The van der Waals surface area contributed by atoms with Crippen LogP contribution in [0.3, 0.4) is 0 Å². The van der Waals surface area contributed by atoms with E-state index in [1.165, 1.54) is 0 Å². The van der Waals surface area contributed by atoms with Crippen LogP contribution in [0, 0.1) is 0 Å². The Morgan fingerprint density at radius 3 is 2.44 bits per heavy atom. The van der Waals surface area contributed by atoms with Gasteiger partial charge in [0.15, 0.2) is 0 Å². The van der Waals surface area contributed by atoms with E-state index in [-0.39, 0.29) is 5.02 Å². The van der Waals surface area contributed by atoms with Crippen LogP contribution in [-0.4, -0.2) is 14.3 Å². The highest BCUT2D eigenvalue weighted by Crippen LogP contribution is 2.27. The highest BCUT2D eigenvalue weighted by atomic mass is 35.5. The normalized spacial score (nSPS) is 11.2. The molecule has 7 nitrogen and oxygen atoms in total. The van der Waals surface area contributed by atoms with E-state index in [1.807, 2.05) is 0 Å². The molecule has 5 N–H and O–H groups in total. The molecule has 1 rings (SSSR count). The fraction of sp³-hybridized carbons (Fsp3) is 0. The van der Waals surface area contributed by atoms with Crippen LogP contribution < -0.4 is 21.5 Å². The summed E-state index contributed by atoms with van der Waals surface area (Å²) in [6.45, 7) is 0. The molecule has 16 heavy (non-hydrogen) atoms. The van der Waals surface area contributed by atoms with Crippen LogP contribution in [0.4, 0.5) is 0 Å². The Labute approximate surface area is 96.0 Å². The Hall–Kier alpha value is -1.35. The van der Waals surface area contributed by atoms with Crippen molar-refractivity contribution in [3.63, 3.8) is 0 Å². The minimum absolute atomic E-state index is 0.346. The first-order valence-corrected chi connectivity index (χ1v) is 5.74. The minimum Gasteiger partial charge on any atom is -0.872 e. The lowest BCUT2D eigenvalue weighted by molar-refractivity contribution is -0.268. The van der Waals surface area contributed by atoms with Crippen molar-refractivity contribution in [2.24, 2.45) is 11.0 Å². The number of carbonyl (C=O) groups is 1. The van der Waals surface area contributed by atoms with Gasteiger partial charge in [-0.2, -0.15) is 0 Å². The Kier molecular flexibility index (Phi) is 3.38. The number of hydrazine groups is 1. The predicted octanol–water partition coefficient (Wildman–Crippen LogP) is -1.34. The van der Waals surface area contributed by atoms with E-state index in [2.05, 4.69) is 0 Å². The van der Waals surface area contributed by atoms with Crippen molar-refractivity contribution in [2.75, 3.05) is 0 Å². The second kappa shape index (κ2) is 4.26. The molecule has 0 aromatic heterocycles. The molecule has 0 unspecified atom stereocenters. The van der Waals surface area contributed by atoms with Crippen molar-refractivity contribution in [3.8, 4) is 5.75 Å². The molecule has 0 spiro atoms. The summed E-state index contributed by atoms with van der Waals surface area (Å²) in [5.41, 5.74) is 1.25. The maximum Gasteiger partial charge on any atom is 0.264 e. The van der Waals surface area contributed by atoms with Gasteiger partial charge in [-0.3, -0.25) is 10.2 Å². The fourth-order valence-electron chi connectivity index (χ4n) is 1.01. The average molecular weight is 265 g/mol. The predicted molar refractivity (Wildman–Crippen MR) is 53.9 cm³/mol. The smallest absolute Gasteiger partial charge is 0.264 e. The number of rotatable bonds is 2. The Morgan fingerprint density at radius 2 is 2.00 bits per heavy atom. The van der Waals surface area contributed by atoms with Gasteiger partial charge in [0.2, 0.25) is 10.0 Å². The van der Waals surface area contributed by atoms with E-state index in [1.54, 1.807) is 5.43 Å². The van der Waals surface area contributed by atoms with E-state index >= 15 is 0 Å². The molecular formula is C7H7ClN3O4S-. The van der Waals surface area contributed by atoms with Gasteiger partial charge in [-0.05, 0) is 12.1 Å². The van der Waals surface area contributed by atoms with E-state index < -0.39 is 32.1 Å². The molecule has 0 fully saturated rings. The van der Waals surface area contributed by atoms with Crippen molar-refractivity contribution >= 4 is 27.5 Å². The van der Waals surface area contributed by atoms with Crippen molar-refractivity contribution in [1.82, 2.24) is 5.43 Å². The molecule has 9 heteroatoms. The van der Waals surface area contributed by atoms with Crippen LogP contribution in [0.15, 0.2) is 17.0 Å². The van der Waals surface area contributed by atoms with Gasteiger partial charge in [0.05, 0.1) is 5.02 Å². The highest BCUT2D eigenvalue weighted by molar-refractivity contribution is 7.89. The van der Waals surface area contributed by atoms with Crippen LogP contribution in [0.1, 0.15) is 10.4 Å². The summed E-state index contributed by atoms with van der Waals surface area (Å²) < 4.78 is 22.1. The molecule has 1 aromatic rings. The Bertz CT molecular complexity index is 543. The number of primary sulfonamides is 1. The summed E-state index contributed by atoms with van der Waals surface area (Å²) in [6.07, 6.45) is 0. The zero-order valence-corrected chi connectivity index (χ0v) is 9.30. The van der Waals surface area contributed by atoms with Gasteiger partial charge in [-0.15, -0.1) is 0 Å². The molecule has 0 radical (unpaired) electrons. The first kappa shape index (κ1) is 12.7. The molecule has 0 saturated carbocycles. The van der Waals surface area contributed by atoms with E-state index in [9.17, 15) is 18.3 Å². The number of carbonyl (C=O) groups excluding carboxylic acids is 1.